The zero-order valence-electron chi connectivity index (χ0n) is 12.2. The highest BCUT2D eigenvalue weighted by atomic mass is 16.5. The molecule has 1 heterocycles. The largest absolute Gasteiger partial charge is 0.380 e. The van der Waals surface area contributed by atoms with Crippen LogP contribution in [0.1, 0.15) is 20.3 Å². The molecule has 0 radical (unpaired) electrons. The first-order valence-electron chi connectivity index (χ1n) is 6.71. The monoisotopic (exact) mass is 271 g/mol. The molecule has 0 spiro atoms. The predicted molar refractivity (Wildman–Crippen MR) is 72.7 cm³/mol. The molecule has 2 atom stereocenters. The molecule has 1 fully saturated rings. The van der Waals surface area contributed by atoms with Crippen LogP contribution in [0.2, 0.25) is 0 Å². The summed E-state index contributed by atoms with van der Waals surface area (Å²) in [6, 6.07) is -0.243. The quantitative estimate of drug-likeness (QED) is 0.689. The molecule has 2 unspecified atom stereocenters. The van der Waals surface area contributed by atoms with E-state index in [0.29, 0.717) is 25.4 Å². The fraction of sp³-hybridized carbons (Fsp3) is 0.846. The summed E-state index contributed by atoms with van der Waals surface area (Å²) in [5.41, 5.74) is 0. The summed E-state index contributed by atoms with van der Waals surface area (Å²) in [7, 11) is 3.29. The first kappa shape index (κ1) is 15.9. The van der Waals surface area contributed by atoms with Gasteiger partial charge in [-0.2, -0.15) is 0 Å². The lowest BCUT2D eigenvalue weighted by Gasteiger charge is -2.21. The topological polar surface area (TPSA) is 70.7 Å². The number of hydrogen-bond donors (Lipinski definition) is 2. The minimum Gasteiger partial charge on any atom is -0.380 e. The molecule has 1 rings (SSSR count). The van der Waals surface area contributed by atoms with Crippen LogP contribution in [-0.2, 0) is 14.3 Å². The maximum Gasteiger partial charge on any atom is 0.240 e. The third kappa shape index (κ3) is 5.16. The molecule has 1 aliphatic heterocycles. The third-order valence-electron chi connectivity index (χ3n) is 3.19. The number of methoxy groups -OCH3 is 1. The van der Waals surface area contributed by atoms with Gasteiger partial charge in [0.2, 0.25) is 11.8 Å². The van der Waals surface area contributed by atoms with Crippen molar-refractivity contribution in [3.05, 3.63) is 0 Å². The first-order chi connectivity index (χ1) is 8.93. The molecular weight excluding hydrogens is 246 g/mol. The zero-order valence-corrected chi connectivity index (χ0v) is 12.2. The van der Waals surface area contributed by atoms with E-state index >= 15 is 0 Å². The molecule has 0 aromatic rings. The van der Waals surface area contributed by atoms with E-state index in [-0.39, 0.29) is 30.5 Å². The Labute approximate surface area is 114 Å². The zero-order chi connectivity index (χ0) is 14.4. The van der Waals surface area contributed by atoms with Gasteiger partial charge >= 0.3 is 0 Å². The first-order valence-corrected chi connectivity index (χ1v) is 6.71. The van der Waals surface area contributed by atoms with Gasteiger partial charge in [0.05, 0.1) is 18.7 Å². The van der Waals surface area contributed by atoms with Crippen LogP contribution in [-0.4, -0.2) is 62.7 Å². The number of likely N-dealkylation sites (N-methyl/N-ethyl adjacent to an activating group) is 1. The van der Waals surface area contributed by atoms with Crippen molar-refractivity contribution in [3.8, 4) is 0 Å². The second kappa shape index (κ2) is 7.45. The van der Waals surface area contributed by atoms with E-state index < -0.39 is 0 Å². The van der Waals surface area contributed by atoms with E-state index in [9.17, 15) is 9.59 Å². The molecular formula is C13H25N3O3. The van der Waals surface area contributed by atoms with Gasteiger partial charge in [0.1, 0.15) is 0 Å². The molecule has 1 saturated heterocycles. The van der Waals surface area contributed by atoms with Crippen LogP contribution in [0.4, 0.5) is 0 Å². The number of nitrogens with zero attached hydrogens (tertiary/aromatic N) is 1. The maximum absolute atomic E-state index is 12.1. The van der Waals surface area contributed by atoms with E-state index in [1.165, 1.54) is 4.90 Å². The van der Waals surface area contributed by atoms with Gasteiger partial charge in [-0.05, 0) is 12.3 Å². The Kier molecular flexibility index (Phi) is 6.24. The van der Waals surface area contributed by atoms with Crippen molar-refractivity contribution in [1.29, 1.82) is 0 Å². The lowest BCUT2D eigenvalue weighted by atomic mass is 10.2. The van der Waals surface area contributed by atoms with Gasteiger partial charge in [-0.25, -0.2) is 0 Å². The number of amides is 2. The van der Waals surface area contributed by atoms with Crippen molar-refractivity contribution in [3.63, 3.8) is 0 Å². The van der Waals surface area contributed by atoms with Crippen molar-refractivity contribution in [2.75, 3.05) is 33.8 Å². The lowest BCUT2D eigenvalue weighted by molar-refractivity contribution is -0.136. The highest BCUT2D eigenvalue weighted by Gasteiger charge is 2.31. The van der Waals surface area contributed by atoms with E-state index in [1.54, 1.807) is 14.2 Å². The van der Waals surface area contributed by atoms with Crippen LogP contribution in [0.3, 0.4) is 0 Å². The van der Waals surface area contributed by atoms with Crippen molar-refractivity contribution in [1.82, 2.24) is 15.5 Å². The van der Waals surface area contributed by atoms with Crippen molar-refractivity contribution in [2.45, 2.75) is 32.4 Å². The summed E-state index contributed by atoms with van der Waals surface area (Å²) in [5.74, 6) is 0.231. The molecule has 0 bridgehead atoms. The smallest absolute Gasteiger partial charge is 0.240 e. The van der Waals surface area contributed by atoms with E-state index in [2.05, 4.69) is 10.6 Å². The maximum atomic E-state index is 12.1. The van der Waals surface area contributed by atoms with Crippen molar-refractivity contribution in [2.24, 2.45) is 5.92 Å². The lowest BCUT2D eigenvalue weighted by Crippen LogP contribution is -2.46. The number of carbonyl (C=O) groups is 2. The minimum atomic E-state index is -0.243. The second-order valence-corrected chi connectivity index (χ2v) is 5.45. The standard InChI is InChI=1S/C13H25N3O3/c1-9(2)6-15-12(17)8-16(3)13(18)11-5-10(19-4)7-14-11/h9-11,14H,5-8H2,1-4H3,(H,15,17). The Morgan fingerprint density at radius 2 is 2.16 bits per heavy atom. The van der Waals surface area contributed by atoms with Gasteiger partial charge < -0.3 is 20.3 Å². The predicted octanol–water partition coefficient (Wildman–Crippen LogP) is -0.406. The van der Waals surface area contributed by atoms with Crippen LogP contribution in [0.25, 0.3) is 0 Å². The Hall–Kier alpha value is -1.14. The van der Waals surface area contributed by atoms with Crippen molar-refractivity contribution >= 4 is 11.8 Å². The molecule has 2 amide bonds. The average molecular weight is 271 g/mol. The summed E-state index contributed by atoms with van der Waals surface area (Å²) in [6.07, 6.45) is 0.741. The SMILES string of the molecule is COC1CNC(C(=O)N(C)CC(=O)NCC(C)C)C1. The number of hydrogen-bond acceptors (Lipinski definition) is 4. The highest BCUT2D eigenvalue weighted by molar-refractivity contribution is 5.87. The molecule has 1 aliphatic rings. The molecule has 0 aromatic carbocycles. The van der Waals surface area contributed by atoms with Crippen LogP contribution >= 0.6 is 0 Å². The molecule has 0 saturated carbocycles. The number of nitrogens with one attached hydrogen (secondary N) is 2. The van der Waals surface area contributed by atoms with Crippen molar-refractivity contribution < 1.29 is 14.3 Å². The summed E-state index contributed by atoms with van der Waals surface area (Å²) < 4.78 is 5.20. The van der Waals surface area contributed by atoms with Gasteiger partial charge in [-0.15, -0.1) is 0 Å². The molecule has 6 nitrogen and oxygen atoms in total. The number of carbonyl (C=O) groups excluding carboxylic acids is 2. The van der Waals surface area contributed by atoms with Crippen LogP contribution in [0.15, 0.2) is 0 Å². The van der Waals surface area contributed by atoms with Crippen LogP contribution in [0, 0.1) is 5.92 Å². The fourth-order valence-corrected chi connectivity index (χ4v) is 2.00. The van der Waals surface area contributed by atoms with Gasteiger partial charge in [0, 0.05) is 27.2 Å². The number of ether oxygens (including phenoxy) is 1. The molecule has 110 valence electrons. The van der Waals surface area contributed by atoms with Crippen LogP contribution in [0.5, 0.6) is 0 Å². The minimum absolute atomic E-state index is 0.0563. The third-order valence-corrected chi connectivity index (χ3v) is 3.19. The molecule has 0 aromatic heterocycles. The molecule has 2 N–H and O–H groups in total. The summed E-state index contributed by atoms with van der Waals surface area (Å²) >= 11 is 0. The van der Waals surface area contributed by atoms with E-state index in [1.807, 2.05) is 13.8 Å². The number of rotatable bonds is 6. The normalized spacial score (nSPS) is 22.6. The Morgan fingerprint density at radius 3 is 2.68 bits per heavy atom. The summed E-state index contributed by atoms with van der Waals surface area (Å²) in [4.78, 5) is 25.2. The van der Waals surface area contributed by atoms with E-state index in [4.69, 9.17) is 4.74 Å². The van der Waals surface area contributed by atoms with E-state index in [0.717, 1.165) is 0 Å². The Balaban J connectivity index is 2.34. The Morgan fingerprint density at radius 1 is 1.47 bits per heavy atom. The summed E-state index contributed by atoms with van der Waals surface area (Å²) in [6.45, 7) is 5.47. The molecule has 19 heavy (non-hydrogen) atoms. The highest BCUT2D eigenvalue weighted by Crippen LogP contribution is 2.11. The van der Waals surface area contributed by atoms with Gasteiger partial charge in [-0.1, -0.05) is 13.8 Å². The molecule has 6 heteroatoms. The second-order valence-electron chi connectivity index (χ2n) is 5.45. The average Bonchev–Trinajstić information content (AvgIpc) is 2.84. The molecule has 0 aliphatic carbocycles. The van der Waals surface area contributed by atoms with Gasteiger partial charge in [0.25, 0.3) is 0 Å². The Bertz CT molecular complexity index is 320. The fourth-order valence-electron chi connectivity index (χ4n) is 2.00. The van der Waals surface area contributed by atoms with Gasteiger partial charge in [0.15, 0.2) is 0 Å². The summed E-state index contributed by atoms with van der Waals surface area (Å²) in [5, 5.41) is 5.91. The van der Waals surface area contributed by atoms with Gasteiger partial charge in [-0.3, -0.25) is 9.59 Å². The van der Waals surface area contributed by atoms with Crippen LogP contribution < -0.4 is 10.6 Å².